The number of carbonyl (C=O) groups is 3. The Bertz CT molecular complexity index is 759. The van der Waals surface area contributed by atoms with E-state index in [1.54, 1.807) is 12.1 Å². The number of ether oxygens (including phenoxy) is 1. The Kier molecular flexibility index (Phi) is 5.62. The Labute approximate surface area is 137 Å². The first kappa shape index (κ1) is 17.1. The minimum atomic E-state index is -0.698. The Morgan fingerprint density at radius 1 is 1.00 bits per heavy atom. The van der Waals surface area contributed by atoms with Crippen LogP contribution < -0.4 is 10.6 Å². The van der Waals surface area contributed by atoms with Crippen molar-refractivity contribution in [3.8, 4) is 0 Å². The third kappa shape index (κ3) is 5.20. The van der Waals surface area contributed by atoms with Crippen molar-refractivity contribution in [2.45, 2.75) is 6.92 Å². The van der Waals surface area contributed by atoms with E-state index in [-0.39, 0.29) is 11.5 Å². The summed E-state index contributed by atoms with van der Waals surface area (Å²) >= 11 is 0. The Balaban J connectivity index is 1.89. The number of hydrogen-bond donors (Lipinski definition) is 2. The quantitative estimate of drug-likeness (QED) is 0.825. The number of hydrogen-bond acceptors (Lipinski definition) is 4. The molecule has 0 bridgehead atoms. The van der Waals surface area contributed by atoms with Gasteiger partial charge in [-0.05, 0) is 42.5 Å². The molecule has 6 nitrogen and oxygen atoms in total. The fraction of sp³-hybridized carbons (Fsp3) is 0.118. The van der Waals surface area contributed by atoms with Crippen LogP contribution in [0.4, 0.5) is 15.8 Å². The maximum Gasteiger partial charge on any atom is 0.338 e. The molecule has 2 aromatic carbocycles. The predicted octanol–water partition coefficient (Wildman–Crippen LogP) is 2.58. The lowest BCUT2D eigenvalue weighted by Gasteiger charge is -2.08. The Morgan fingerprint density at radius 2 is 1.71 bits per heavy atom. The maximum absolute atomic E-state index is 12.8. The molecule has 0 radical (unpaired) electrons. The molecule has 7 heteroatoms. The highest BCUT2D eigenvalue weighted by atomic mass is 19.1. The largest absolute Gasteiger partial charge is 0.452 e. The number of amides is 2. The van der Waals surface area contributed by atoms with Gasteiger partial charge in [-0.2, -0.15) is 0 Å². The first-order valence-electron chi connectivity index (χ1n) is 7.04. The van der Waals surface area contributed by atoms with E-state index in [1.165, 1.54) is 43.3 Å². The van der Waals surface area contributed by atoms with Crippen LogP contribution in [0.25, 0.3) is 0 Å². The van der Waals surface area contributed by atoms with E-state index in [0.29, 0.717) is 11.4 Å². The second-order valence-electron chi connectivity index (χ2n) is 4.89. The molecule has 0 spiro atoms. The van der Waals surface area contributed by atoms with Gasteiger partial charge in [0.15, 0.2) is 6.61 Å². The van der Waals surface area contributed by atoms with Gasteiger partial charge in [0.05, 0.1) is 5.56 Å². The average molecular weight is 330 g/mol. The van der Waals surface area contributed by atoms with Gasteiger partial charge in [-0.15, -0.1) is 0 Å². The molecule has 24 heavy (non-hydrogen) atoms. The summed E-state index contributed by atoms with van der Waals surface area (Å²) in [5.74, 6) is -1.93. The summed E-state index contributed by atoms with van der Waals surface area (Å²) in [6.07, 6.45) is 0. The lowest BCUT2D eigenvalue weighted by molar-refractivity contribution is -0.119. The van der Waals surface area contributed by atoms with Crippen molar-refractivity contribution in [3.63, 3.8) is 0 Å². The zero-order chi connectivity index (χ0) is 17.5. The highest BCUT2D eigenvalue weighted by Crippen LogP contribution is 2.12. The van der Waals surface area contributed by atoms with Crippen LogP contribution in [0.3, 0.4) is 0 Å². The van der Waals surface area contributed by atoms with Crippen molar-refractivity contribution in [2.75, 3.05) is 17.2 Å². The molecular formula is C17H15FN2O4. The molecule has 2 aromatic rings. The lowest BCUT2D eigenvalue weighted by atomic mass is 10.2. The van der Waals surface area contributed by atoms with Crippen molar-refractivity contribution in [1.29, 1.82) is 0 Å². The van der Waals surface area contributed by atoms with Gasteiger partial charge in [-0.3, -0.25) is 9.59 Å². The van der Waals surface area contributed by atoms with Crippen molar-refractivity contribution in [2.24, 2.45) is 0 Å². The van der Waals surface area contributed by atoms with Crippen molar-refractivity contribution < 1.29 is 23.5 Å². The fourth-order valence-corrected chi connectivity index (χ4v) is 1.87. The zero-order valence-corrected chi connectivity index (χ0v) is 12.8. The molecular weight excluding hydrogens is 315 g/mol. The summed E-state index contributed by atoms with van der Waals surface area (Å²) < 4.78 is 17.7. The highest BCUT2D eigenvalue weighted by molar-refractivity contribution is 5.96. The summed E-state index contributed by atoms with van der Waals surface area (Å²) in [6, 6.07) is 11.4. The second-order valence-corrected chi connectivity index (χ2v) is 4.89. The van der Waals surface area contributed by atoms with Gasteiger partial charge in [0.1, 0.15) is 5.82 Å². The lowest BCUT2D eigenvalue weighted by Crippen LogP contribution is -2.21. The molecule has 2 rings (SSSR count). The fourth-order valence-electron chi connectivity index (χ4n) is 1.87. The first-order chi connectivity index (χ1) is 11.4. The van der Waals surface area contributed by atoms with E-state index in [9.17, 15) is 18.8 Å². The van der Waals surface area contributed by atoms with Crippen LogP contribution in [0, 0.1) is 5.82 Å². The zero-order valence-electron chi connectivity index (χ0n) is 12.8. The van der Waals surface area contributed by atoms with Crippen LogP contribution in [-0.4, -0.2) is 24.4 Å². The first-order valence-corrected chi connectivity index (χ1v) is 7.04. The number of anilines is 2. The smallest absolute Gasteiger partial charge is 0.338 e. The normalized spacial score (nSPS) is 9.92. The molecule has 0 saturated heterocycles. The second kappa shape index (κ2) is 7.87. The van der Waals surface area contributed by atoms with Crippen molar-refractivity contribution in [3.05, 3.63) is 59.9 Å². The molecule has 124 valence electrons. The van der Waals surface area contributed by atoms with Crippen LogP contribution >= 0.6 is 0 Å². The van der Waals surface area contributed by atoms with Crippen molar-refractivity contribution in [1.82, 2.24) is 0 Å². The van der Waals surface area contributed by atoms with Crippen LogP contribution in [0.1, 0.15) is 17.3 Å². The SMILES string of the molecule is CC(=O)Nc1cccc(C(=O)OCC(=O)Nc2ccc(F)cc2)c1. The number of rotatable bonds is 5. The number of halogens is 1. The monoisotopic (exact) mass is 330 g/mol. The third-order valence-electron chi connectivity index (χ3n) is 2.88. The molecule has 0 unspecified atom stereocenters. The van der Waals surface area contributed by atoms with Crippen molar-refractivity contribution >= 4 is 29.2 Å². The van der Waals surface area contributed by atoms with E-state index in [4.69, 9.17) is 4.74 Å². The van der Waals surface area contributed by atoms with Gasteiger partial charge >= 0.3 is 5.97 Å². The number of carbonyl (C=O) groups excluding carboxylic acids is 3. The molecule has 2 N–H and O–H groups in total. The van der Waals surface area contributed by atoms with Gasteiger partial charge in [0, 0.05) is 18.3 Å². The van der Waals surface area contributed by atoms with E-state index in [0.717, 1.165) is 0 Å². The van der Waals surface area contributed by atoms with Crippen LogP contribution in [0.15, 0.2) is 48.5 Å². The Hall–Kier alpha value is -3.22. The average Bonchev–Trinajstić information content (AvgIpc) is 2.54. The summed E-state index contributed by atoms with van der Waals surface area (Å²) in [4.78, 5) is 34.6. The highest BCUT2D eigenvalue weighted by Gasteiger charge is 2.11. The molecule has 0 aliphatic carbocycles. The summed E-state index contributed by atoms with van der Waals surface area (Å²) in [5, 5.41) is 5.02. The molecule has 0 aromatic heterocycles. The molecule has 0 saturated carbocycles. The molecule has 0 heterocycles. The standard InChI is InChI=1S/C17H15FN2O4/c1-11(21)19-15-4-2-3-12(9-15)17(23)24-10-16(22)20-14-7-5-13(18)6-8-14/h2-9H,10H2,1H3,(H,19,21)(H,20,22). The minimum absolute atomic E-state index is 0.204. The van der Waals surface area contributed by atoms with Crippen LogP contribution in [0.5, 0.6) is 0 Å². The van der Waals surface area contributed by atoms with Crippen LogP contribution in [-0.2, 0) is 14.3 Å². The molecule has 0 fully saturated rings. The summed E-state index contributed by atoms with van der Waals surface area (Å²) in [7, 11) is 0. The predicted molar refractivity (Wildman–Crippen MR) is 86.1 cm³/mol. The summed E-state index contributed by atoms with van der Waals surface area (Å²) in [6.45, 7) is 0.866. The van der Waals surface area contributed by atoms with Crippen LogP contribution in [0.2, 0.25) is 0 Å². The van der Waals surface area contributed by atoms with E-state index in [2.05, 4.69) is 10.6 Å². The van der Waals surface area contributed by atoms with E-state index in [1.807, 2.05) is 0 Å². The minimum Gasteiger partial charge on any atom is -0.452 e. The summed E-state index contributed by atoms with van der Waals surface area (Å²) in [5.41, 5.74) is 1.05. The molecule has 2 amide bonds. The maximum atomic E-state index is 12.8. The van der Waals surface area contributed by atoms with Gasteiger partial charge in [0.2, 0.25) is 5.91 Å². The Morgan fingerprint density at radius 3 is 2.38 bits per heavy atom. The van der Waals surface area contributed by atoms with Gasteiger partial charge in [0.25, 0.3) is 5.91 Å². The molecule has 0 aliphatic rings. The third-order valence-corrected chi connectivity index (χ3v) is 2.88. The van der Waals surface area contributed by atoms with E-state index >= 15 is 0 Å². The van der Waals surface area contributed by atoms with Gasteiger partial charge in [-0.25, -0.2) is 9.18 Å². The molecule has 0 aliphatic heterocycles. The topological polar surface area (TPSA) is 84.5 Å². The number of esters is 1. The van der Waals surface area contributed by atoms with E-state index < -0.39 is 24.3 Å². The number of benzene rings is 2. The van der Waals surface area contributed by atoms with Gasteiger partial charge < -0.3 is 15.4 Å². The molecule has 0 atom stereocenters. The number of nitrogens with one attached hydrogen (secondary N) is 2. The van der Waals surface area contributed by atoms with Gasteiger partial charge in [-0.1, -0.05) is 6.07 Å².